The lowest BCUT2D eigenvalue weighted by molar-refractivity contribution is -0.172. The Labute approximate surface area is 203 Å². The molecule has 3 amide bonds. The maximum atomic E-state index is 12.8. The Hall–Kier alpha value is -2.82. The minimum atomic E-state index is -0.950. The number of imide groups is 1. The topological polar surface area (TPSA) is 123 Å². The van der Waals surface area contributed by atoms with Crippen LogP contribution in [-0.4, -0.2) is 57.7 Å². The van der Waals surface area contributed by atoms with Gasteiger partial charge in [-0.15, -0.1) is 16.4 Å². The monoisotopic (exact) mass is 495 g/mol. The van der Waals surface area contributed by atoms with Gasteiger partial charge in [0, 0.05) is 51.1 Å². The van der Waals surface area contributed by atoms with Gasteiger partial charge in [-0.1, -0.05) is 34.1 Å². The molecule has 11 heteroatoms. The molecule has 2 heterocycles. The van der Waals surface area contributed by atoms with Crippen LogP contribution in [0.15, 0.2) is 5.38 Å². The van der Waals surface area contributed by atoms with Crippen LogP contribution in [-0.2, 0) is 28.8 Å². The van der Waals surface area contributed by atoms with E-state index in [0.717, 1.165) is 17.8 Å². The SMILES string of the molecule is CC[C@H](C)CC(=O)N(C)[C@H](C[C@@H](OC(C)=O)c1nc(C(=O)ON2C(=O)CCC2=O)cs1)C(C)C. The molecule has 1 aliphatic heterocycles. The molecule has 0 N–H and O–H groups in total. The molecule has 0 bridgehead atoms. The number of ether oxygens (including phenoxy) is 1. The fraction of sp³-hybridized carbons (Fsp3) is 0.652. The van der Waals surface area contributed by atoms with Crippen LogP contribution in [0.1, 0.15) is 88.3 Å². The van der Waals surface area contributed by atoms with Gasteiger partial charge in [-0.25, -0.2) is 9.78 Å². The van der Waals surface area contributed by atoms with Gasteiger partial charge in [-0.3, -0.25) is 19.2 Å². The molecular weight excluding hydrogens is 462 g/mol. The zero-order valence-corrected chi connectivity index (χ0v) is 21.3. The smallest absolute Gasteiger partial charge is 0.382 e. The predicted molar refractivity (Wildman–Crippen MR) is 123 cm³/mol. The molecule has 0 spiro atoms. The Morgan fingerprint density at radius 1 is 1.18 bits per heavy atom. The second-order valence-electron chi connectivity index (χ2n) is 8.90. The van der Waals surface area contributed by atoms with Gasteiger partial charge in [-0.2, -0.15) is 0 Å². The molecule has 34 heavy (non-hydrogen) atoms. The van der Waals surface area contributed by atoms with Crippen molar-refractivity contribution < 1.29 is 33.5 Å². The van der Waals surface area contributed by atoms with Crippen LogP contribution >= 0.6 is 11.3 Å². The van der Waals surface area contributed by atoms with Gasteiger partial charge in [0.05, 0.1) is 0 Å². The molecule has 1 saturated heterocycles. The Morgan fingerprint density at radius 2 is 1.79 bits per heavy atom. The van der Waals surface area contributed by atoms with E-state index in [4.69, 9.17) is 9.57 Å². The van der Waals surface area contributed by atoms with Crippen molar-refractivity contribution in [3.63, 3.8) is 0 Å². The number of nitrogens with zero attached hydrogens (tertiary/aromatic N) is 3. The molecule has 0 radical (unpaired) electrons. The van der Waals surface area contributed by atoms with E-state index in [9.17, 15) is 24.0 Å². The standard InChI is InChI=1S/C23H33N3O7S/c1-7-14(4)10-21(30)25(6)17(13(2)3)11-18(32-15(5)27)22-24-16(12-34-22)23(31)33-26-19(28)8-9-20(26)29/h12-14,17-18H,7-11H2,1-6H3/t14-,17+,18+/m0/s1. The summed E-state index contributed by atoms with van der Waals surface area (Å²) in [6.07, 6.45) is 0.811. The summed E-state index contributed by atoms with van der Waals surface area (Å²) >= 11 is 1.09. The van der Waals surface area contributed by atoms with Crippen molar-refractivity contribution in [3.8, 4) is 0 Å². The quantitative estimate of drug-likeness (QED) is 0.338. The largest absolute Gasteiger partial charge is 0.455 e. The third kappa shape index (κ3) is 7.09. The number of hydrogen-bond donors (Lipinski definition) is 0. The number of aromatic nitrogens is 1. The average Bonchev–Trinajstić information content (AvgIpc) is 3.38. The van der Waals surface area contributed by atoms with Crippen LogP contribution in [0.5, 0.6) is 0 Å². The molecule has 3 atom stereocenters. The van der Waals surface area contributed by atoms with E-state index in [0.29, 0.717) is 22.9 Å². The summed E-state index contributed by atoms with van der Waals surface area (Å²) in [7, 11) is 1.74. The molecule has 10 nitrogen and oxygen atoms in total. The summed E-state index contributed by atoms with van der Waals surface area (Å²) in [5.41, 5.74) is -0.105. The van der Waals surface area contributed by atoms with Crippen molar-refractivity contribution in [2.45, 2.75) is 78.9 Å². The van der Waals surface area contributed by atoms with E-state index in [1.165, 1.54) is 12.3 Å². The molecule has 0 aliphatic carbocycles. The van der Waals surface area contributed by atoms with E-state index in [-0.39, 0.29) is 42.3 Å². The summed E-state index contributed by atoms with van der Waals surface area (Å²) in [5, 5.41) is 2.23. The van der Waals surface area contributed by atoms with Gasteiger partial charge in [-0.05, 0) is 11.8 Å². The summed E-state index contributed by atoms with van der Waals surface area (Å²) in [6.45, 7) is 9.31. The molecular formula is C23H33N3O7S. The maximum absolute atomic E-state index is 12.8. The fourth-order valence-electron chi connectivity index (χ4n) is 3.58. The second-order valence-corrected chi connectivity index (χ2v) is 9.79. The molecule has 0 aromatic carbocycles. The second kappa shape index (κ2) is 12.0. The highest BCUT2D eigenvalue weighted by atomic mass is 32.1. The van der Waals surface area contributed by atoms with Crippen molar-refractivity contribution in [1.29, 1.82) is 0 Å². The fourth-order valence-corrected chi connectivity index (χ4v) is 4.41. The number of carbonyl (C=O) groups excluding carboxylic acids is 5. The van der Waals surface area contributed by atoms with E-state index in [1.54, 1.807) is 11.9 Å². The van der Waals surface area contributed by atoms with Gasteiger partial charge >= 0.3 is 11.9 Å². The summed E-state index contributed by atoms with van der Waals surface area (Å²) in [6, 6.07) is -0.236. The number of thiazole rings is 1. The highest BCUT2D eigenvalue weighted by Crippen LogP contribution is 2.31. The zero-order valence-electron chi connectivity index (χ0n) is 20.5. The van der Waals surface area contributed by atoms with Gasteiger partial charge in [0.25, 0.3) is 11.8 Å². The summed E-state index contributed by atoms with van der Waals surface area (Å²) in [4.78, 5) is 71.3. The molecule has 1 aromatic heterocycles. The first-order valence-corrected chi connectivity index (χ1v) is 12.3. The number of esters is 1. The first-order chi connectivity index (χ1) is 15.9. The number of rotatable bonds is 11. The highest BCUT2D eigenvalue weighted by molar-refractivity contribution is 7.09. The molecule has 0 unspecified atom stereocenters. The van der Waals surface area contributed by atoms with Crippen molar-refractivity contribution in [2.24, 2.45) is 11.8 Å². The normalized spacial score (nSPS) is 16.4. The lowest BCUT2D eigenvalue weighted by atomic mass is 9.95. The van der Waals surface area contributed by atoms with Crippen LogP contribution in [0.25, 0.3) is 0 Å². The van der Waals surface area contributed by atoms with Crippen LogP contribution in [0.4, 0.5) is 0 Å². The van der Waals surface area contributed by atoms with Crippen molar-refractivity contribution in [3.05, 3.63) is 16.1 Å². The molecule has 188 valence electrons. The lowest BCUT2D eigenvalue weighted by Crippen LogP contribution is -2.42. The van der Waals surface area contributed by atoms with Crippen LogP contribution in [0.2, 0.25) is 0 Å². The van der Waals surface area contributed by atoms with E-state index < -0.39 is 29.9 Å². The van der Waals surface area contributed by atoms with Gasteiger partial charge in [0.1, 0.15) is 5.01 Å². The van der Waals surface area contributed by atoms with E-state index in [1.807, 2.05) is 27.7 Å². The minimum absolute atomic E-state index is 0.0111. The van der Waals surface area contributed by atoms with Crippen LogP contribution < -0.4 is 0 Å². The third-order valence-electron chi connectivity index (χ3n) is 5.83. The summed E-state index contributed by atoms with van der Waals surface area (Å²) < 4.78 is 5.51. The Bertz CT molecular complexity index is 913. The molecule has 1 aromatic rings. The molecule has 0 saturated carbocycles. The molecule has 1 aliphatic rings. The lowest BCUT2D eigenvalue weighted by Gasteiger charge is -2.34. The van der Waals surface area contributed by atoms with E-state index in [2.05, 4.69) is 4.98 Å². The minimum Gasteiger partial charge on any atom is -0.455 e. The van der Waals surface area contributed by atoms with Crippen molar-refractivity contribution in [1.82, 2.24) is 14.9 Å². The van der Waals surface area contributed by atoms with E-state index >= 15 is 0 Å². The predicted octanol–water partition coefficient (Wildman–Crippen LogP) is 3.28. The number of hydrogen-bond acceptors (Lipinski definition) is 9. The first kappa shape index (κ1) is 27.4. The summed E-state index contributed by atoms with van der Waals surface area (Å²) in [5.74, 6) is -2.30. The Kier molecular flexibility index (Phi) is 9.72. The third-order valence-corrected chi connectivity index (χ3v) is 6.77. The Balaban J connectivity index is 2.19. The van der Waals surface area contributed by atoms with Crippen molar-refractivity contribution >= 4 is 41.0 Å². The average molecular weight is 496 g/mol. The van der Waals surface area contributed by atoms with Crippen LogP contribution in [0.3, 0.4) is 0 Å². The number of hydroxylamine groups is 2. The van der Waals surface area contributed by atoms with Crippen molar-refractivity contribution in [2.75, 3.05) is 7.05 Å². The first-order valence-electron chi connectivity index (χ1n) is 11.4. The zero-order chi connectivity index (χ0) is 25.6. The Morgan fingerprint density at radius 3 is 2.32 bits per heavy atom. The van der Waals surface area contributed by atoms with Gasteiger partial charge in [0.2, 0.25) is 5.91 Å². The highest BCUT2D eigenvalue weighted by Gasteiger charge is 2.35. The molecule has 1 fully saturated rings. The van der Waals surface area contributed by atoms with Gasteiger partial charge < -0.3 is 14.5 Å². The molecule has 2 rings (SSSR count). The number of carbonyl (C=O) groups is 5. The van der Waals surface area contributed by atoms with Crippen LogP contribution in [0, 0.1) is 11.8 Å². The van der Waals surface area contributed by atoms with Gasteiger partial charge in [0.15, 0.2) is 11.8 Å². The number of amides is 3. The maximum Gasteiger partial charge on any atom is 0.382 e.